The molecule has 4 N–H and O–H groups in total. The highest BCUT2D eigenvalue weighted by atomic mass is 16.7. The van der Waals surface area contributed by atoms with Crippen molar-refractivity contribution < 1.29 is 44.2 Å². The maximum absolute atomic E-state index is 12.7. The largest absolute Gasteiger partial charge is 0.457 e. The molecule has 1 heterocycles. The fourth-order valence-electron chi connectivity index (χ4n) is 6.07. The van der Waals surface area contributed by atoms with E-state index in [2.05, 4.69) is 38.2 Å². The Labute approximate surface area is 305 Å². The molecule has 1 saturated heterocycles. The third-order valence-electron chi connectivity index (χ3n) is 9.34. The lowest BCUT2D eigenvalue weighted by Gasteiger charge is -2.39. The number of rotatable bonds is 34. The van der Waals surface area contributed by atoms with Crippen LogP contribution in [0, 0.1) is 0 Å². The van der Waals surface area contributed by atoms with Gasteiger partial charge in [-0.2, -0.15) is 0 Å². The van der Waals surface area contributed by atoms with Crippen molar-refractivity contribution in [3.05, 3.63) is 24.3 Å². The Balaban J connectivity index is 2.32. The molecule has 1 aliphatic rings. The Kier molecular flexibility index (Phi) is 31.3. The zero-order valence-electron chi connectivity index (χ0n) is 31.9. The Morgan fingerprint density at radius 3 is 1.62 bits per heavy atom. The van der Waals surface area contributed by atoms with Gasteiger partial charge in [-0.15, -0.1) is 0 Å². The number of allylic oxidation sites excluding steroid dienone is 4. The second-order valence-electron chi connectivity index (χ2n) is 14.1. The summed E-state index contributed by atoms with van der Waals surface area (Å²) >= 11 is 0. The van der Waals surface area contributed by atoms with Crippen molar-refractivity contribution in [1.82, 2.24) is 0 Å². The number of carbonyl (C=O) groups is 1. The first-order valence-corrected chi connectivity index (χ1v) is 20.4. The van der Waals surface area contributed by atoms with Crippen LogP contribution in [0.25, 0.3) is 0 Å². The summed E-state index contributed by atoms with van der Waals surface area (Å²) in [6, 6.07) is 0. The fourth-order valence-corrected chi connectivity index (χ4v) is 6.07. The van der Waals surface area contributed by atoms with Gasteiger partial charge < -0.3 is 39.4 Å². The molecular formula is C41H76O9. The van der Waals surface area contributed by atoms with Crippen LogP contribution in [-0.2, 0) is 23.7 Å². The van der Waals surface area contributed by atoms with Crippen LogP contribution in [0.15, 0.2) is 24.3 Å². The first-order chi connectivity index (χ1) is 24.4. The summed E-state index contributed by atoms with van der Waals surface area (Å²) in [5, 5.41) is 40.0. The first-order valence-electron chi connectivity index (χ1n) is 20.4. The van der Waals surface area contributed by atoms with Gasteiger partial charge in [-0.3, -0.25) is 4.79 Å². The van der Waals surface area contributed by atoms with Crippen LogP contribution in [0.1, 0.15) is 168 Å². The number of ether oxygens (including phenoxy) is 4. The van der Waals surface area contributed by atoms with Crippen molar-refractivity contribution in [3.8, 4) is 0 Å². The molecule has 0 aromatic rings. The van der Waals surface area contributed by atoms with Gasteiger partial charge in [-0.05, 0) is 64.2 Å². The average molecular weight is 713 g/mol. The molecule has 1 fully saturated rings. The van der Waals surface area contributed by atoms with Crippen LogP contribution in [-0.4, -0.2) is 89.6 Å². The van der Waals surface area contributed by atoms with E-state index in [1.165, 1.54) is 103 Å². The summed E-state index contributed by atoms with van der Waals surface area (Å²) in [6.07, 6.45) is 29.1. The third kappa shape index (κ3) is 24.8. The van der Waals surface area contributed by atoms with E-state index < -0.39 is 43.4 Å². The van der Waals surface area contributed by atoms with E-state index in [9.17, 15) is 25.2 Å². The van der Waals surface area contributed by atoms with E-state index in [1.54, 1.807) is 0 Å². The smallest absolute Gasteiger partial charge is 0.306 e. The SMILES string of the molecule is CCCCCC/C=C\CCCCCCCCOCC(COC1OC(CO)C(O)C(O)C1O)OC(=O)CCCCCCC/C=C\CCCCCC. The number of carbonyl (C=O) groups excluding carboxylic acids is 1. The molecule has 6 unspecified atom stereocenters. The summed E-state index contributed by atoms with van der Waals surface area (Å²) in [5.74, 6) is -0.326. The van der Waals surface area contributed by atoms with E-state index >= 15 is 0 Å². The molecule has 9 nitrogen and oxygen atoms in total. The van der Waals surface area contributed by atoms with Crippen LogP contribution in [0.4, 0.5) is 0 Å². The minimum Gasteiger partial charge on any atom is -0.457 e. The standard InChI is InChI=1S/C41H76O9/c1-3-5-7-9-11-13-15-17-19-21-23-25-27-29-31-47-33-35(34-48-41-40(46)39(45)38(44)36(32-42)50-41)49-37(43)30-28-26-24-22-20-18-16-14-12-10-8-6-4-2/h13-16,35-36,38-42,44-46H,3-12,17-34H2,1-2H3/b15-13-,16-14-. The minimum atomic E-state index is -1.54. The number of aliphatic hydroxyl groups excluding tert-OH is 4. The number of hydrogen-bond donors (Lipinski definition) is 4. The van der Waals surface area contributed by atoms with E-state index in [1.807, 2.05) is 0 Å². The van der Waals surface area contributed by atoms with Crippen LogP contribution in [0.2, 0.25) is 0 Å². The Bertz CT molecular complexity index is 818. The highest BCUT2D eigenvalue weighted by Crippen LogP contribution is 2.22. The predicted molar refractivity (Wildman–Crippen MR) is 201 cm³/mol. The zero-order chi connectivity index (χ0) is 36.5. The Hall–Kier alpha value is -1.33. The highest BCUT2D eigenvalue weighted by Gasteiger charge is 2.44. The summed E-state index contributed by atoms with van der Waals surface area (Å²) in [5.41, 5.74) is 0. The molecule has 1 aliphatic heterocycles. The van der Waals surface area contributed by atoms with E-state index in [-0.39, 0.29) is 19.2 Å². The fraction of sp³-hybridized carbons (Fsp3) is 0.878. The molecule has 50 heavy (non-hydrogen) atoms. The molecule has 0 radical (unpaired) electrons. The minimum absolute atomic E-state index is 0.117. The molecule has 0 aliphatic carbocycles. The molecular weight excluding hydrogens is 636 g/mol. The monoisotopic (exact) mass is 713 g/mol. The van der Waals surface area contributed by atoms with Gasteiger partial charge in [-0.25, -0.2) is 0 Å². The maximum Gasteiger partial charge on any atom is 0.306 e. The molecule has 6 atom stereocenters. The topological polar surface area (TPSA) is 135 Å². The van der Waals surface area contributed by atoms with Gasteiger partial charge in [-0.1, -0.05) is 122 Å². The number of aliphatic hydroxyl groups is 4. The lowest BCUT2D eigenvalue weighted by Crippen LogP contribution is -2.59. The number of esters is 1. The molecule has 294 valence electrons. The highest BCUT2D eigenvalue weighted by molar-refractivity contribution is 5.69. The molecule has 0 bridgehead atoms. The van der Waals surface area contributed by atoms with Gasteiger partial charge in [0, 0.05) is 13.0 Å². The number of hydrogen-bond acceptors (Lipinski definition) is 9. The first kappa shape index (κ1) is 46.7. The summed E-state index contributed by atoms with van der Waals surface area (Å²) < 4.78 is 22.7. The number of unbranched alkanes of at least 4 members (excludes halogenated alkanes) is 19. The summed E-state index contributed by atoms with van der Waals surface area (Å²) in [6.45, 7) is 4.50. The second kappa shape index (κ2) is 33.5. The average Bonchev–Trinajstić information content (AvgIpc) is 3.11. The van der Waals surface area contributed by atoms with E-state index in [0.29, 0.717) is 13.0 Å². The molecule has 1 rings (SSSR count). The summed E-state index contributed by atoms with van der Waals surface area (Å²) in [7, 11) is 0. The van der Waals surface area contributed by atoms with Gasteiger partial charge in [0.2, 0.25) is 0 Å². The molecule has 0 aromatic heterocycles. The quantitative estimate of drug-likeness (QED) is 0.0296. The van der Waals surface area contributed by atoms with Crippen molar-refractivity contribution in [1.29, 1.82) is 0 Å². The molecule has 0 amide bonds. The zero-order valence-corrected chi connectivity index (χ0v) is 31.9. The van der Waals surface area contributed by atoms with Gasteiger partial charge >= 0.3 is 5.97 Å². The lowest BCUT2D eigenvalue weighted by atomic mass is 9.99. The van der Waals surface area contributed by atoms with Crippen LogP contribution in [0.3, 0.4) is 0 Å². The third-order valence-corrected chi connectivity index (χ3v) is 9.34. The van der Waals surface area contributed by atoms with Crippen LogP contribution >= 0.6 is 0 Å². The molecule has 9 heteroatoms. The van der Waals surface area contributed by atoms with E-state index in [0.717, 1.165) is 44.9 Å². The van der Waals surface area contributed by atoms with Gasteiger partial charge in [0.25, 0.3) is 0 Å². The molecule has 0 saturated carbocycles. The lowest BCUT2D eigenvalue weighted by molar-refractivity contribution is -0.305. The summed E-state index contributed by atoms with van der Waals surface area (Å²) in [4.78, 5) is 12.7. The predicted octanol–water partition coefficient (Wildman–Crippen LogP) is 8.25. The Morgan fingerprint density at radius 1 is 0.620 bits per heavy atom. The molecule has 0 spiro atoms. The maximum atomic E-state index is 12.7. The van der Waals surface area contributed by atoms with Crippen LogP contribution < -0.4 is 0 Å². The Morgan fingerprint density at radius 2 is 1.10 bits per heavy atom. The normalized spacial score (nSPS) is 21.8. The molecule has 0 aromatic carbocycles. The van der Waals surface area contributed by atoms with Crippen molar-refractivity contribution >= 4 is 5.97 Å². The van der Waals surface area contributed by atoms with Crippen molar-refractivity contribution in [3.63, 3.8) is 0 Å². The van der Waals surface area contributed by atoms with E-state index in [4.69, 9.17) is 18.9 Å². The van der Waals surface area contributed by atoms with Crippen molar-refractivity contribution in [2.45, 2.75) is 205 Å². The van der Waals surface area contributed by atoms with Crippen LogP contribution in [0.5, 0.6) is 0 Å². The van der Waals surface area contributed by atoms with Crippen molar-refractivity contribution in [2.75, 3.05) is 26.4 Å². The van der Waals surface area contributed by atoms with Gasteiger partial charge in [0.05, 0.1) is 19.8 Å². The second-order valence-corrected chi connectivity index (χ2v) is 14.1. The van der Waals surface area contributed by atoms with Gasteiger partial charge in [0.15, 0.2) is 6.29 Å². The van der Waals surface area contributed by atoms with Gasteiger partial charge in [0.1, 0.15) is 30.5 Å². The van der Waals surface area contributed by atoms with Crippen molar-refractivity contribution in [2.24, 2.45) is 0 Å².